The fraction of sp³-hybridized carbons (Fsp3) is 0.421. The highest BCUT2D eigenvalue weighted by Crippen LogP contribution is 2.29. The number of carbonyl (C=O) groups is 2. The molecule has 1 aliphatic rings. The summed E-state index contributed by atoms with van der Waals surface area (Å²) in [6, 6.07) is 5.50. The molecule has 3 N–H and O–H groups in total. The van der Waals surface area contributed by atoms with E-state index in [0.717, 1.165) is 37.4 Å². The van der Waals surface area contributed by atoms with Crippen LogP contribution in [0.3, 0.4) is 0 Å². The molecule has 150 valence electrons. The maximum Gasteiger partial charge on any atom is 0.344 e. The van der Waals surface area contributed by atoms with Crippen LogP contribution in [0.4, 0.5) is 0 Å². The maximum atomic E-state index is 11.3. The molecule has 0 radical (unpaired) electrons. The van der Waals surface area contributed by atoms with Crippen LogP contribution in [0.15, 0.2) is 24.4 Å². The molecule has 1 amide bonds. The van der Waals surface area contributed by atoms with Gasteiger partial charge >= 0.3 is 5.97 Å². The van der Waals surface area contributed by atoms with Crippen LogP contribution in [0.2, 0.25) is 0 Å². The molecule has 1 aliphatic heterocycles. The van der Waals surface area contributed by atoms with E-state index in [1.807, 2.05) is 16.7 Å². The smallest absolute Gasteiger partial charge is 0.344 e. The molecule has 1 aromatic carbocycles. The number of primary amides is 1. The molecular formula is C19H24N4O5. The average Bonchev–Trinajstić information content (AvgIpc) is 2.99. The Kier molecular flexibility index (Phi) is 5.84. The fourth-order valence-electron chi connectivity index (χ4n) is 3.15. The van der Waals surface area contributed by atoms with Crippen molar-refractivity contribution in [3.63, 3.8) is 0 Å². The van der Waals surface area contributed by atoms with E-state index in [2.05, 4.69) is 9.88 Å². The summed E-state index contributed by atoms with van der Waals surface area (Å²) in [5, 5.41) is 9.00. The molecule has 9 heteroatoms. The predicted molar refractivity (Wildman–Crippen MR) is 100 cm³/mol. The van der Waals surface area contributed by atoms with Crippen molar-refractivity contribution in [3.8, 4) is 11.5 Å². The van der Waals surface area contributed by atoms with Gasteiger partial charge in [-0.2, -0.15) is 0 Å². The number of imidazole rings is 1. The van der Waals surface area contributed by atoms with E-state index in [1.54, 1.807) is 12.3 Å². The minimum Gasteiger partial charge on any atom is -0.493 e. The van der Waals surface area contributed by atoms with Crippen molar-refractivity contribution in [2.75, 3.05) is 20.2 Å². The van der Waals surface area contributed by atoms with Crippen molar-refractivity contribution >= 4 is 11.9 Å². The van der Waals surface area contributed by atoms with Crippen molar-refractivity contribution in [1.82, 2.24) is 14.5 Å². The Labute approximate surface area is 162 Å². The number of aromatic nitrogens is 2. The van der Waals surface area contributed by atoms with E-state index in [-0.39, 0.29) is 0 Å². The molecule has 0 bridgehead atoms. The maximum absolute atomic E-state index is 11.3. The van der Waals surface area contributed by atoms with Crippen LogP contribution >= 0.6 is 0 Å². The molecule has 1 unspecified atom stereocenters. The van der Waals surface area contributed by atoms with Crippen LogP contribution in [-0.4, -0.2) is 57.7 Å². The highest BCUT2D eigenvalue weighted by molar-refractivity contribution is 5.90. The predicted octanol–water partition coefficient (Wildman–Crippen LogP) is 0.901. The zero-order valence-corrected chi connectivity index (χ0v) is 15.9. The first-order valence-corrected chi connectivity index (χ1v) is 9.02. The lowest BCUT2D eigenvalue weighted by atomic mass is 10.1. The summed E-state index contributed by atoms with van der Waals surface area (Å²) in [4.78, 5) is 28.9. The molecule has 1 atom stereocenters. The van der Waals surface area contributed by atoms with Gasteiger partial charge in [0.05, 0.1) is 7.11 Å². The molecule has 28 heavy (non-hydrogen) atoms. The number of methoxy groups -OCH3 is 1. The topological polar surface area (TPSA) is 120 Å². The lowest BCUT2D eigenvalue weighted by Gasteiger charge is -2.21. The molecular weight excluding hydrogens is 364 g/mol. The summed E-state index contributed by atoms with van der Waals surface area (Å²) >= 11 is 0. The quantitative estimate of drug-likeness (QED) is 0.723. The van der Waals surface area contributed by atoms with Gasteiger partial charge in [-0.25, -0.2) is 9.78 Å². The van der Waals surface area contributed by atoms with Gasteiger partial charge in [0.25, 0.3) is 5.91 Å². The number of carboxylic acid groups (broad SMARTS) is 1. The van der Waals surface area contributed by atoms with E-state index in [0.29, 0.717) is 23.7 Å². The number of ether oxygens (including phenoxy) is 2. The Hall–Kier alpha value is -3.07. The third-order valence-corrected chi connectivity index (χ3v) is 4.71. The van der Waals surface area contributed by atoms with Crippen LogP contribution in [-0.2, 0) is 24.3 Å². The highest BCUT2D eigenvalue weighted by Gasteiger charge is 2.19. The van der Waals surface area contributed by atoms with E-state index >= 15 is 0 Å². The second kappa shape index (κ2) is 8.30. The molecule has 3 rings (SSSR count). The number of carbonyl (C=O) groups excluding carboxylic acids is 1. The summed E-state index contributed by atoms with van der Waals surface area (Å²) in [5.74, 6) is 0.215. The van der Waals surface area contributed by atoms with Gasteiger partial charge in [-0.15, -0.1) is 0 Å². The normalized spacial score (nSPS) is 15.4. The Morgan fingerprint density at radius 2 is 2.07 bits per heavy atom. The number of hydrogen-bond donors (Lipinski definition) is 2. The van der Waals surface area contributed by atoms with Gasteiger partial charge in [-0.3, -0.25) is 9.69 Å². The summed E-state index contributed by atoms with van der Waals surface area (Å²) in [6.07, 6.45) is 1.47. The fourth-order valence-corrected chi connectivity index (χ4v) is 3.15. The number of benzene rings is 1. The van der Waals surface area contributed by atoms with Crippen LogP contribution in [0, 0.1) is 0 Å². The zero-order chi connectivity index (χ0) is 20.3. The number of rotatable bonds is 7. The van der Waals surface area contributed by atoms with Crippen molar-refractivity contribution in [3.05, 3.63) is 41.5 Å². The largest absolute Gasteiger partial charge is 0.493 e. The first kappa shape index (κ1) is 19.7. The van der Waals surface area contributed by atoms with Gasteiger partial charge < -0.3 is 24.9 Å². The van der Waals surface area contributed by atoms with Crippen molar-refractivity contribution in [2.24, 2.45) is 5.73 Å². The molecule has 9 nitrogen and oxygen atoms in total. The van der Waals surface area contributed by atoms with Gasteiger partial charge in [-0.05, 0) is 24.6 Å². The second-order valence-corrected chi connectivity index (χ2v) is 6.71. The first-order valence-electron chi connectivity index (χ1n) is 9.02. The molecule has 2 heterocycles. The van der Waals surface area contributed by atoms with Crippen LogP contribution in [0.5, 0.6) is 11.5 Å². The van der Waals surface area contributed by atoms with Crippen LogP contribution < -0.4 is 15.2 Å². The first-order chi connectivity index (χ1) is 13.4. The highest BCUT2D eigenvalue weighted by atomic mass is 16.5. The number of hydrogen-bond acceptors (Lipinski definition) is 6. The third kappa shape index (κ3) is 4.42. The monoisotopic (exact) mass is 388 g/mol. The van der Waals surface area contributed by atoms with E-state index in [4.69, 9.17) is 20.3 Å². The van der Waals surface area contributed by atoms with Gasteiger partial charge in [0.15, 0.2) is 17.6 Å². The SMILES string of the molecule is COc1cc(CN2CCc3nc(C(N)=O)cn3CC2)ccc1OC(C)C(=O)O. The van der Waals surface area contributed by atoms with Crippen molar-refractivity contribution < 1.29 is 24.2 Å². The number of aliphatic carboxylic acids is 1. The molecule has 0 saturated carbocycles. The lowest BCUT2D eigenvalue weighted by Crippen LogP contribution is -2.26. The Bertz CT molecular complexity index is 854. The Morgan fingerprint density at radius 3 is 2.75 bits per heavy atom. The van der Waals surface area contributed by atoms with E-state index in [9.17, 15) is 9.59 Å². The van der Waals surface area contributed by atoms with E-state index < -0.39 is 18.0 Å². The minimum atomic E-state index is -1.03. The molecule has 1 aromatic heterocycles. The van der Waals surface area contributed by atoms with Gasteiger partial charge in [0.1, 0.15) is 11.5 Å². The van der Waals surface area contributed by atoms with Crippen LogP contribution in [0.1, 0.15) is 28.8 Å². The third-order valence-electron chi connectivity index (χ3n) is 4.71. The number of carboxylic acids is 1. The van der Waals surface area contributed by atoms with Gasteiger partial charge in [0.2, 0.25) is 0 Å². The number of amides is 1. The number of nitrogens with two attached hydrogens (primary N) is 1. The minimum absolute atomic E-state index is 0.305. The number of nitrogens with zero attached hydrogens (tertiary/aromatic N) is 3. The molecule has 0 fully saturated rings. The van der Waals surface area contributed by atoms with E-state index in [1.165, 1.54) is 14.0 Å². The summed E-state index contributed by atoms with van der Waals surface area (Å²) in [7, 11) is 1.53. The summed E-state index contributed by atoms with van der Waals surface area (Å²) < 4.78 is 12.8. The summed E-state index contributed by atoms with van der Waals surface area (Å²) in [6.45, 7) is 4.51. The standard InChI is InChI=1S/C19H24N4O5/c1-12(19(25)26)28-15-4-3-13(9-16(15)27-2)10-22-6-5-17-21-14(18(20)24)11-23(17)8-7-22/h3-4,9,11-12H,5-8,10H2,1-2H3,(H2,20,24)(H,25,26). The molecule has 2 aromatic rings. The van der Waals surface area contributed by atoms with Gasteiger partial charge in [0, 0.05) is 38.8 Å². The van der Waals surface area contributed by atoms with Crippen LogP contribution in [0.25, 0.3) is 0 Å². The number of fused-ring (bicyclic) bond motifs is 1. The summed E-state index contributed by atoms with van der Waals surface area (Å²) in [5.41, 5.74) is 6.64. The van der Waals surface area contributed by atoms with Crippen molar-refractivity contribution in [1.29, 1.82) is 0 Å². The molecule has 0 saturated heterocycles. The van der Waals surface area contributed by atoms with Crippen molar-refractivity contribution in [2.45, 2.75) is 32.5 Å². The van der Waals surface area contributed by atoms with Gasteiger partial charge in [-0.1, -0.05) is 6.07 Å². The second-order valence-electron chi connectivity index (χ2n) is 6.71. The molecule has 0 spiro atoms. The Balaban J connectivity index is 1.66. The zero-order valence-electron chi connectivity index (χ0n) is 15.9. The average molecular weight is 388 g/mol. The molecule has 0 aliphatic carbocycles. The lowest BCUT2D eigenvalue weighted by molar-refractivity contribution is -0.144. The Morgan fingerprint density at radius 1 is 1.29 bits per heavy atom.